The van der Waals surface area contributed by atoms with Crippen LogP contribution in [0.4, 0.5) is 0 Å². The second-order valence-electron chi connectivity index (χ2n) is 5.69. The molecule has 1 heterocycles. The van der Waals surface area contributed by atoms with E-state index in [1.807, 2.05) is 6.20 Å². The summed E-state index contributed by atoms with van der Waals surface area (Å²) in [5.74, 6) is 0.723. The molecule has 0 saturated heterocycles. The Morgan fingerprint density at radius 1 is 1.47 bits per heavy atom. The Kier molecular flexibility index (Phi) is 6.14. The van der Waals surface area contributed by atoms with Crippen molar-refractivity contribution in [2.45, 2.75) is 47.0 Å². The molecule has 0 spiro atoms. The molecule has 1 N–H and O–H groups in total. The molecule has 98 valence electrons. The summed E-state index contributed by atoms with van der Waals surface area (Å²) in [5.41, 5.74) is 0.349. The maximum absolute atomic E-state index is 4.42. The Labute approximate surface area is 110 Å². The summed E-state index contributed by atoms with van der Waals surface area (Å²) >= 11 is 1.78. The maximum Gasteiger partial charge on any atom is 0.0930 e. The van der Waals surface area contributed by atoms with Crippen LogP contribution in [-0.4, -0.2) is 18.1 Å². The second kappa shape index (κ2) is 7.12. The van der Waals surface area contributed by atoms with Gasteiger partial charge in [-0.3, -0.25) is 0 Å². The van der Waals surface area contributed by atoms with Gasteiger partial charge >= 0.3 is 0 Å². The number of rotatable bonds is 8. The van der Waals surface area contributed by atoms with E-state index in [4.69, 9.17) is 0 Å². The van der Waals surface area contributed by atoms with E-state index in [2.05, 4.69) is 43.4 Å². The first-order valence-electron chi connectivity index (χ1n) is 6.65. The largest absolute Gasteiger partial charge is 0.316 e. The highest BCUT2D eigenvalue weighted by molar-refractivity contribution is 7.09. The Bertz CT molecular complexity index is 295. The SMILES string of the molecule is CCCC(C)(CNCC(C)C)Cc1nccs1. The Morgan fingerprint density at radius 3 is 2.76 bits per heavy atom. The first kappa shape index (κ1) is 14.7. The minimum atomic E-state index is 0.349. The molecule has 1 aromatic heterocycles. The van der Waals surface area contributed by atoms with Gasteiger partial charge in [0.15, 0.2) is 0 Å². The topological polar surface area (TPSA) is 24.9 Å². The van der Waals surface area contributed by atoms with Crippen LogP contribution >= 0.6 is 11.3 Å². The second-order valence-corrected chi connectivity index (χ2v) is 6.67. The fourth-order valence-corrected chi connectivity index (χ4v) is 3.04. The van der Waals surface area contributed by atoms with E-state index < -0.39 is 0 Å². The predicted molar refractivity (Wildman–Crippen MR) is 76.5 cm³/mol. The van der Waals surface area contributed by atoms with Gasteiger partial charge in [-0.15, -0.1) is 11.3 Å². The molecule has 1 unspecified atom stereocenters. The van der Waals surface area contributed by atoms with Crippen molar-refractivity contribution in [2.75, 3.05) is 13.1 Å². The monoisotopic (exact) mass is 254 g/mol. The molecule has 0 aliphatic carbocycles. The van der Waals surface area contributed by atoms with Crippen LogP contribution in [-0.2, 0) is 6.42 Å². The van der Waals surface area contributed by atoms with Crippen molar-refractivity contribution in [3.05, 3.63) is 16.6 Å². The minimum absolute atomic E-state index is 0.349. The van der Waals surface area contributed by atoms with Gasteiger partial charge in [0.05, 0.1) is 5.01 Å². The molecule has 2 nitrogen and oxygen atoms in total. The minimum Gasteiger partial charge on any atom is -0.316 e. The summed E-state index contributed by atoms with van der Waals surface area (Å²) < 4.78 is 0. The van der Waals surface area contributed by atoms with Crippen LogP contribution in [0, 0.1) is 11.3 Å². The smallest absolute Gasteiger partial charge is 0.0930 e. The standard InChI is InChI=1S/C14H26N2S/c1-5-6-14(4,11-15-10-12(2)3)9-13-16-7-8-17-13/h7-8,12,15H,5-6,9-11H2,1-4H3. The number of aromatic nitrogens is 1. The number of hydrogen-bond donors (Lipinski definition) is 1. The van der Waals surface area contributed by atoms with Gasteiger partial charge in [0.2, 0.25) is 0 Å². The normalized spacial score (nSPS) is 15.1. The van der Waals surface area contributed by atoms with Crippen molar-refractivity contribution in [1.82, 2.24) is 10.3 Å². The van der Waals surface area contributed by atoms with E-state index in [-0.39, 0.29) is 0 Å². The molecule has 0 aliphatic heterocycles. The molecule has 0 bridgehead atoms. The van der Waals surface area contributed by atoms with E-state index in [1.54, 1.807) is 11.3 Å². The summed E-state index contributed by atoms with van der Waals surface area (Å²) in [4.78, 5) is 4.42. The van der Waals surface area contributed by atoms with Gasteiger partial charge in [0, 0.05) is 24.5 Å². The first-order valence-corrected chi connectivity index (χ1v) is 7.53. The van der Waals surface area contributed by atoms with E-state index in [0.29, 0.717) is 5.41 Å². The van der Waals surface area contributed by atoms with Crippen molar-refractivity contribution in [3.63, 3.8) is 0 Å². The van der Waals surface area contributed by atoms with Gasteiger partial charge in [-0.1, -0.05) is 34.1 Å². The molecule has 3 heteroatoms. The summed E-state index contributed by atoms with van der Waals surface area (Å²) in [6, 6.07) is 0. The highest BCUT2D eigenvalue weighted by Gasteiger charge is 2.24. The molecule has 0 saturated carbocycles. The summed E-state index contributed by atoms with van der Waals surface area (Å²) in [6.45, 7) is 11.4. The van der Waals surface area contributed by atoms with Gasteiger partial charge in [0.25, 0.3) is 0 Å². The van der Waals surface area contributed by atoms with Crippen LogP contribution in [0.15, 0.2) is 11.6 Å². The molecule has 17 heavy (non-hydrogen) atoms. The third-order valence-electron chi connectivity index (χ3n) is 3.02. The van der Waals surface area contributed by atoms with Gasteiger partial charge in [-0.2, -0.15) is 0 Å². The number of hydrogen-bond acceptors (Lipinski definition) is 3. The molecule has 0 fully saturated rings. The van der Waals surface area contributed by atoms with Gasteiger partial charge < -0.3 is 5.32 Å². The Hall–Kier alpha value is -0.410. The van der Waals surface area contributed by atoms with Crippen molar-refractivity contribution < 1.29 is 0 Å². The Balaban J connectivity index is 2.49. The third kappa shape index (κ3) is 5.64. The molecular weight excluding hydrogens is 228 g/mol. The molecule has 0 aromatic carbocycles. The van der Waals surface area contributed by atoms with E-state index >= 15 is 0 Å². The number of thiazole rings is 1. The van der Waals surface area contributed by atoms with Crippen LogP contribution < -0.4 is 5.32 Å². The van der Waals surface area contributed by atoms with Crippen LogP contribution in [0.3, 0.4) is 0 Å². The number of nitrogens with one attached hydrogen (secondary N) is 1. The van der Waals surface area contributed by atoms with Gasteiger partial charge in [0.1, 0.15) is 0 Å². The highest BCUT2D eigenvalue weighted by Crippen LogP contribution is 2.28. The summed E-state index contributed by atoms with van der Waals surface area (Å²) in [7, 11) is 0. The van der Waals surface area contributed by atoms with Gasteiger partial charge in [-0.25, -0.2) is 4.98 Å². The lowest BCUT2D eigenvalue weighted by Crippen LogP contribution is -2.35. The van der Waals surface area contributed by atoms with Crippen molar-refractivity contribution in [2.24, 2.45) is 11.3 Å². The quantitative estimate of drug-likeness (QED) is 0.764. The number of nitrogens with zero attached hydrogens (tertiary/aromatic N) is 1. The zero-order valence-corrected chi connectivity index (χ0v) is 12.4. The third-order valence-corrected chi connectivity index (χ3v) is 3.80. The molecule has 0 aliphatic rings. The van der Waals surface area contributed by atoms with E-state index in [9.17, 15) is 0 Å². The fraction of sp³-hybridized carbons (Fsp3) is 0.786. The zero-order chi connectivity index (χ0) is 12.7. The molecule has 1 aromatic rings. The Morgan fingerprint density at radius 2 is 2.24 bits per heavy atom. The van der Waals surface area contributed by atoms with Crippen LogP contribution in [0.25, 0.3) is 0 Å². The van der Waals surface area contributed by atoms with Crippen LogP contribution in [0.2, 0.25) is 0 Å². The van der Waals surface area contributed by atoms with E-state index in [0.717, 1.165) is 25.4 Å². The lowest BCUT2D eigenvalue weighted by Gasteiger charge is -2.29. The predicted octanol–water partition coefficient (Wildman–Crippen LogP) is 3.74. The van der Waals surface area contributed by atoms with Crippen molar-refractivity contribution in [1.29, 1.82) is 0 Å². The summed E-state index contributed by atoms with van der Waals surface area (Å²) in [6.07, 6.45) is 5.51. The molecule has 0 amide bonds. The fourth-order valence-electron chi connectivity index (χ4n) is 2.21. The lowest BCUT2D eigenvalue weighted by atomic mass is 9.82. The lowest BCUT2D eigenvalue weighted by molar-refractivity contribution is 0.270. The maximum atomic E-state index is 4.42. The van der Waals surface area contributed by atoms with Crippen LogP contribution in [0.1, 0.15) is 45.5 Å². The average Bonchev–Trinajstić information content (AvgIpc) is 2.69. The first-order chi connectivity index (χ1) is 8.06. The van der Waals surface area contributed by atoms with Crippen molar-refractivity contribution in [3.8, 4) is 0 Å². The van der Waals surface area contributed by atoms with Crippen molar-refractivity contribution >= 4 is 11.3 Å². The van der Waals surface area contributed by atoms with Gasteiger partial charge in [-0.05, 0) is 24.3 Å². The molecule has 1 rings (SSSR count). The zero-order valence-electron chi connectivity index (χ0n) is 11.6. The summed E-state index contributed by atoms with van der Waals surface area (Å²) in [5, 5.41) is 6.94. The molecular formula is C14H26N2S. The molecule has 0 radical (unpaired) electrons. The average molecular weight is 254 g/mol. The highest BCUT2D eigenvalue weighted by atomic mass is 32.1. The van der Waals surface area contributed by atoms with E-state index in [1.165, 1.54) is 17.8 Å². The van der Waals surface area contributed by atoms with Crippen LogP contribution in [0.5, 0.6) is 0 Å². The molecule has 1 atom stereocenters.